The van der Waals surface area contributed by atoms with Crippen LogP contribution in [0, 0.1) is 5.82 Å². The van der Waals surface area contributed by atoms with Crippen LogP contribution in [-0.4, -0.2) is 10.9 Å². The molecule has 0 bridgehead atoms. The number of halogens is 1. The van der Waals surface area contributed by atoms with Crippen LogP contribution >= 0.6 is 11.3 Å². The molecule has 88 valence electrons. The zero-order chi connectivity index (χ0) is 12.3. The summed E-state index contributed by atoms with van der Waals surface area (Å²) in [6.45, 7) is 0.365. The van der Waals surface area contributed by atoms with Gasteiger partial charge in [0.25, 0.3) is 5.91 Å². The second-order valence-corrected chi connectivity index (χ2v) is 4.15. The van der Waals surface area contributed by atoms with E-state index in [1.54, 1.807) is 0 Å². The predicted octanol–water partition coefficient (Wildman–Crippen LogP) is 1.79. The maximum atomic E-state index is 13.5. The van der Waals surface area contributed by atoms with Gasteiger partial charge in [-0.05, 0) is 28.5 Å². The van der Waals surface area contributed by atoms with Crippen molar-refractivity contribution in [2.45, 2.75) is 6.54 Å². The zero-order valence-electron chi connectivity index (χ0n) is 8.81. The molecule has 0 aromatic carbocycles. The van der Waals surface area contributed by atoms with Gasteiger partial charge < -0.3 is 11.1 Å². The molecule has 0 aliphatic heterocycles. The van der Waals surface area contributed by atoms with Crippen LogP contribution in [-0.2, 0) is 6.54 Å². The smallest absolute Gasteiger partial charge is 0.254 e. The van der Waals surface area contributed by atoms with Gasteiger partial charge in [0.05, 0.1) is 5.56 Å². The molecule has 0 spiro atoms. The summed E-state index contributed by atoms with van der Waals surface area (Å²) in [6, 6.07) is 3.19. The fourth-order valence-corrected chi connectivity index (χ4v) is 1.97. The molecular weight excluding hydrogens is 241 g/mol. The Bertz CT molecular complexity index is 528. The Balaban J connectivity index is 2.07. The second kappa shape index (κ2) is 4.92. The van der Waals surface area contributed by atoms with E-state index in [1.807, 2.05) is 16.8 Å². The quantitative estimate of drug-likeness (QED) is 0.874. The summed E-state index contributed by atoms with van der Waals surface area (Å²) in [7, 11) is 0. The Labute approximate surface area is 101 Å². The third-order valence-corrected chi connectivity index (χ3v) is 2.93. The molecule has 0 unspecified atom stereocenters. The summed E-state index contributed by atoms with van der Waals surface area (Å²) < 4.78 is 13.5. The lowest BCUT2D eigenvalue weighted by Gasteiger charge is -2.05. The lowest BCUT2D eigenvalue weighted by Crippen LogP contribution is -2.24. The fraction of sp³-hybridized carbons (Fsp3) is 0.0909. The minimum absolute atomic E-state index is 0.0901. The minimum atomic E-state index is -0.782. The summed E-state index contributed by atoms with van der Waals surface area (Å²) in [4.78, 5) is 15.2. The van der Waals surface area contributed by atoms with Crippen LogP contribution in [0.4, 0.5) is 10.2 Å². The monoisotopic (exact) mass is 251 g/mol. The number of nitrogen functional groups attached to an aromatic ring is 1. The fourth-order valence-electron chi connectivity index (χ4n) is 1.31. The molecule has 2 aromatic rings. The molecular formula is C11H10FN3OS. The van der Waals surface area contributed by atoms with Gasteiger partial charge in [0.2, 0.25) is 0 Å². The molecule has 2 rings (SSSR count). The number of carbonyl (C=O) groups excluding carboxylic acids is 1. The van der Waals surface area contributed by atoms with Gasteiger partial charge >= 0.3 is 0 Å². The lowest BCUT2D eigenvalue weighted by molar-refractivity contribution is 0.0947. The highest BCUT2D eigenvalue weighted by Gasteiger charge is 2.13. The van der Waals surface area contributed by atoms with Crippen LogP contribution in [0.2, 0.25) is 0 Å². The van der Waals surface area contributed by atoms with Crippen molar-refractivity contribution >= 4 is 23.1 Å². The molecule has 0 saturated carbocycles. The average molecular weight is 251 g/mol. The molecule has 0 aliphatic carbocycles. The highest BCUT2D eigenvalue weighted by atomic mass is 32.1. The third-order valence-electron chi connectivity index (χ3n) is 2.19. The van der Waals surface area contributed by atoms with Gasteiger partial charge in [-0.3, -0.25) is 4.79 Å². The number of thiophene rings is 1. The van der Waals surface area contributed by atoms with Crippen LogP contribution in [0.25, 0.3) is 0 Å². The highest BCUT2D eigenvalue weighted by molar-refractivity contribution is 7.07. The van der Waals surface area contributed by atoms with Crippen LogP contribution < -0.4 is 11.1 Å². The number of nitrogens with two attached hydrogens (primary N) is 1. The third kappa shape index (κ3) is 2.59. The van der Waals surface area contributed by atoms with E-state index < -0.39 is 11.7 Å². The maximum absolute atomic E-state index is 13.5. The molecule has 0 fully saturated rings. The summed E-state index contributed by atoms with van der Waals surface area (Å²) in [5.41, 5.74) is 6.17. The molecule has 2 heterocycles. The van der Waals surface area contributed by atoms with E-state index in [4.69, 9.17) is 5.73 Å². The van der Waals surface area contributed by atoms with E-state index >= 15 is 0 Å². The molecule has 0 aliphatic rings. The van der Waals surface area contributed by atoms with Crippen molar-refractivity contribution in [3.8, 4) is 0 Å². The van der Waals surface area contributed by atoms with Gasteiger partial charge in [-0.25, -0.2) is 9.37 Å². The first-order valence-electron chi connectivity index (χ1n) is 4.87. The van der Waals surface area contributed by atoms with E-state index in [0.29, 0.717) is 6.54 Å². The SMILES string of the molecule is Nc1nccc(C(=O)NCc2ccsc2)c1F. The van der Waals surface area contributed by atoms with Crippen molar-refractivity contribution in [2.75, 3.05) is 5.73 Å². The maximum Gasteiger partial charge on any atom is 0.254 e. The predicted molar refractivity (Wildman–Crippen MR) is 64.1 cm³/mol. The first kappa shape index (κ1) is 11.5. The molecule has 4 nitrogen and oxygen atoms in total. The van der Waals surface area contributed by atoms with Crippen LogP contribution in [0.1, 0.15) is 15.9 Å². The molecule has 2 aromatic heterocycles. The Morgan fingerprint density at radius 1 is 1.53 bits per heavy atom. The number of rotatable bonds is 3. The molecule has 6 heteroatoms. The van der Waals surface area contributed by atoms with E-state index in [1.165, 1.54) is 23.6 Å². The first-order chi connectivity index (χ1) is 8.18. The van der Waals surface area contributed by atoms with Crippen molar-refractivity contribution < 1.29 is 9.18 Å². The highest BCUT2D eigenvalue weighted by Crippen LogP contribution is 2.12. The van der Waals surface area contributed by atoms with Crippen molar-refractivity contribution in [1.82, 2.24) is 10.3 Å². The van der Waals surface area contributed by atoms with Gasteiger partial charge in [0.15, 0.2) is 11.6 Å². The summed E-state index contributed by atoms with van der Waals surface area (Å²) in [6.07, 6.45) is 1.30. The van der Waals surface area contributed by atoms with Gasteiger partial charge in [-0.2, -0.15) is 11.3 Å². The Morgan fingerprint density at radius 2 is 2.35 bits per heavy atom. The van der Waals surface area contributed by atoms with E-state index in [2.05, 4.69) is 10.3 Å². The van der Waals surface area contributed by atoms with Gasteiger partial charge in [-0.1, -0.05) is 0 Å². The van der Waals surface area contributed by atoms with Gasteiger partial charge in [0.1, 0.15) is 0 Å². The Morgan fingerprint density at radius 3 is 3.06 bits per heavy atom. The number of carbonyl (C=O) groups is 1. The second-order valence-electron chi connectivity index (χ2n) is 3.37. The summed E-state index contributed by atoms with van der Waals surface area (Å²) >= 11 is 1.54. The van der Waals surface area contributed by atoms with Crippen LogP contribution in [0.5, 0.6) is 0 Å². The molecule has 3 N–H and O–H groups in total. The van der Waals surface area contributed by atoms with E-state index in [0.717, 1.165) is 5.56 Å². The molecule has 0 saturated heterocycles. The standard InChI is InChI=1S/C11H10FN3OS/c12-9-8(1-3-14-10(9)13)11(16)15-5-7-2-4-17-6-7/h1-4,6H,5H2,(H2,13,14)(H,15,16). The number of hydrogen-bond donors (Lipinski definition) is 2. The topological polar surface area (TPSA) is 68.0 Å². The number of aromatic nitrogens is 1. The largest absolute Gasteiger partial charge is 0.381 e. The van der Waals surface area contributed by atoms with Gasteiger partial charge in [-0.15, -0.1) is 0 Å². The number of nitrogens with one attached hydrogen (secondary N) is 1. The van der Waals surface area contributed by atoms with Crippen molar-refractivity contribution in [3.63, 3.8) is 0 Å². The number of pyridine rings is 1. The summed E-state index contributed by atoms with van der Waals surface area (Å²) in [5, 5.41) is 6.44. The average Bonchev–Trinajstić information content (AvgIpc) is 2.82. The summed E-state index contributed by atoms with van der Waals surface area (Å²) in [5.74, 6) is -1.55. The van der Waals surface area contributed by atoms with E-state index in [9.17, 15) is 9.18 Å². The van der Waals surface area contributed by atoms with Crippen molar-refractivity contribution in [3.05, 3.63) is 46.0 Å². The molecule has 17 heavy (non-hydrogen) atoms. The molecule has 0 atom stereocenters. The van der Waals surface area contributed by atoms with Gasteiger partial charge in [0, 0.05) is 12.7 Å². The van der Waals surface area contributed by atoms with E-state index in [-0.39, 0.29) is 11.4 Å². The Kier molecular flexibility index (Phi) is 3.34. The zero-order valence-corrected chi connectivity index (χ0v) is 9.63. The van der Waals surface area contributed by atoms with Crippen LogP contribution in [0.3, 0.4) is 0 Å². The minimum Gasteiger partial charge on any atom is -0.381 e. The van der Waals surface area contributed by atoms with Crippen molar-refractivity contribution in [2.24, 2.45) is 0 Å². The molecule has 0 radical (unpaired) electrons. The lowest BCUT2D eigenvalue weighted by atomic mass is 10.2. The number of hydrogen-bond acceptors (Lipinski definition) is 4. The van der Waals surface area contributed by atoms with Crippen molar-refractivity contribution in [1.29, 1.82) is 0 Å². The normalized spacial score (nSPS) is 10.2. The number of anilines is 1. The number of nitrogens with zero attached hydrogens (tertiary/aromatic N) is 1. The number of amides is 1. The van der Waals surface area contributed by atoms with Crippen LogP contribution in [0.15, 0.2) is 29.1 Å². The Hall–Kier alpha value is -1.95. The first-order valence-corrected chi connectivity index (χ1v) is 5.82. The molecule has 1 amide bonds.